The number of nitrogens with zero attached hydrogens (tertiary/aromatic N) is 2. The van der Waals surface area contributed by atoms with Gasteiger partial charge in [0.15, 0.2) is 5.82 Å². The lowest BCUT2D eigenvalue weighted by molar-refractivity contribution is 0.625. The minimum absolute atomic E-state index is 0.187. The molecule has 0 aliphatic rings. The lowest BCUT2D eigenvalue weighted by Crippen LogP contribution is -2.31. The van der Waals surface area contributed by atoms with E-state index in [2.05, 4.69) is 5.43 Å². The minimum atomic E-state index is -0.308. The van der Waals surface area contributed by atoms with Gasteiger partial charge in [-0.15, -0.1) is 0 Å². The maximum absolute atomic E-state index is 13.5. The molecule has 0 fully saturated rings. The minimum Gasteiger partial charge on any atom is -0.317 e. The van der Waals surface area contributed by atoms with E-state index < -0.39 is 0 Å². The molecule has 0 spiro atoms. The molecule has 0 saturated carbocycles. The van der Waals surface area contributed by atoms with Crippen LogP contribution in [0.3, 0.4) is 0 Å². The molecule has 0 aliphatic heterocycles. The molecule has 0 aliphatic carbocycles. The van der Waals surface area contributed by atoms with E-state index >= 15 is 0 Å². The number of fused-ring (bicyclic) bond motifs is 1. The van der Waals surface area contributed by atoms with E-state index in [9.17, 15) is 9.18 Å². The molecule has 5 heteroatoms. The van der Waals surface area contributed by atoms with E-state index in [0.717, 1.165) is 16.7 Å². The fraction of sp³-hybridized carbons (Fsp3) is 0.0909. The summed E-state index contributed by atoms with van der Waals surface area (Å²) in [5.41, 5.74) is 6.22. The Balaban J connectivity index is 1.85. The first-order valence-electron chi connectivity index (χ1n) is 8.69. The number of aryl methyl sites for hydroxylation is 1. The molecule has 0 amide bonds. The van der Waals surface area contributed by atoms with E-state index in [1.54, 1.807) is 12.1 Å². The highest BCUT2D eigenvalue weighted by Crippen LogP contribution is 2.19. The third-order valence-electron chi connectivity index (χ3n) is 4.38. The van der Waals surface area contributed by atoms with Gasteiger partial charge in [0, 0.05) is 5.56 Å². The first-order valence-corrected chi connectivity index (χ1v) is 8.69. The Kier molecular flexibility index (Phi) is 4.42. The molecule has 4 aromatic rings. The molecule has 0 saturated heterocycles. The number of rotatable bonds is 4. The summed E-state index contributed by atoms with van der Waals surface area (Å²) in [5.74, 6) is 0.219. The molecule has 0 atom stereocenters. The zero-order chi connectivity index (χ0) is 18.8. The van der Waals surface area contributed by atoms with Crippen LogP contribution < -0.4 is 11.0 Å². The average molecular weight is 359 g/mol. The molecule has 27 heavy (non-hydrogen) atoms. The van der Waals surface area contributed by atoms with Gasteiger partial charge in [-0.1, -0.05) is 48.0 Å². The monoisotopic (exact) mass is 359 g/mol. The summed E-state index contributed by atoms with van der Waals surface area (Å²) in [5, 5.41) is 0.528. The van der Waals surface area contributed by atoms with Crippen LogP contribution in [-0.4, -0.2) is 9.66 Å². The fourth-order valence-corrected chi connectivity index (χ4v) is 3.07. The third kappa shape index (κ3) is 3.44. The van der Waals surface area contributed by atoms with Crippen molar-refractivity contribution in [3.8, 4) is 11.4 Å². The average Bonchev–Trinajstić information content (AvgIpc) is 2.67. The molecule has 4 nitrogen and oxygen atoms in total. The summed E-state index contributed by atoms with van der Waals surface area (Å²) in [6.45, 7) is 2.30. The lowest BCUT2D eigenvalue weighted by Gasteiger charge is -2.16. The number of aromatic nitrogens is 2. The van der Waals surface area contributed by atoms with Crippen molar-refractivity contribution in [1.82, 2.24) is 9.66 Å². The maximum atomic E-state index is 13.5. The van der Waals surface area contributed by atoms with Crippen LogP contribution in [0.25, 0.3) is 22.3 Å². The Labute approximate surface area is 155 Å². The van der Waals surface area contributed by atoms with Gasteiger partial charge in [0.05, 0.1) is 17.4 Å². The van der Waals surface area contributed by atoms with Crippen molar-refractivity contribution in [3.63, 3.8) is 0 Å². The Morgan fingerprint density at radius 2 is 1.81 bits per heavy atom. The highest BCUT2D eigenvalue weighted by atomic mass is 19.1. The van der Waals surface area contributed by atoms with Crippen LogP contribution in [-0.2, 0) is 6.54 Å². The van der Waals surface area contributed by atoms with Crippen LogP contribution in [0.5, 0.6) is 0 Å². The quantitative estimate of drug-likeness (QED) is 0.592. The zero-order valence-electron chi connectivity index (χ0n) is 14.8. The molecule has 134 valence electrons. The van der Waals surface area contributed by atoms with Gasteiger partial charge in [-0.25, -0.2) is 14.1 Å². The molecular weight excluding hydrogens is 341 g/mol. The molecule has 1 heterocycles. The summed E-state index contributed by atoms with van der Waals surface area (Å²) in [7, 11) is 0. The van der Waals surface area contributed by atoms with E-state index in [0.29, 0.717) is 23.3 Å². The van der Waals surface area contributed by atoms with Gasteiger partial charge in [0.2, 0.25) is 0 Å². The normalized spacial score (nSPS) is 10.9. The summed E-state index contributed by atoms with van der Waals surface area (Å²) in [4.78, 5) is 17.8. The van der Waals surface area contributed by atoms with Crippen LogP contribution in [0.1, 0.15) is 11.1 Å². The van der Waals surface area contributed by atoms with Crippen molar-refractivity contribution >= 4 is 10.9 Å². The van der Waals surface area contributed by atoms with Gasteiger partial charge >= 0.3 is 0 Å². The van der Waals surface area contributed by atoms with Crippen LogP contribution in [0.15, 0.2) is 77.6 Å². The van der Waals surface area contributed by atoms with Gasteiger partial charge in [-0.3, -0.25) is 4.79 Å². The predicted octanol–water partition coefficient (Wildman–Crippen LogP) is 4.25. The van der Waals surface area contributed by atoms with E-state index in [-0.39, 0.29) is 11.4 Å². The van der Waals surface area contributed by atoms with E-state index in [1.165, 1.54) is 16.8 Å². The molecule has 0 bridgehead atoms. The fourth-order valence-electron chi connectivity index (χ4n) is 3.07. The smallest absolute Gasteiger partial charge is 0.280 e. The molecule has 1 aromatic heterocycles. The second-order valence-electron chi connectivity index (χ2n) is 6.43. The molecule has 1 N–H and O–H groups in total. The number of para-hydroxylation sites is 1. The van der Waals surface area contributed by atoms with Crippen molar-refractivity contribution in [3.05, 3.63) is 100 Å². The maximum Gasteiger partial charge on any atom is 0.280 e. The zero-order valence-corrected chi connectivity index (χ0v) is 14.8. The van der Waals surface area contributed by atoms with Gasteiger partial charge in [-0.05, 0) is 42.8 Å². The van der Waals surface area contributed by atoms with E-state index in [4.69, 9.17) is 4.98 Å². The highest BCUT2D eigenvalue weighted by molar-refractivity contribution is 5.79. The molecule has 3 aromatic carbocycles. The van der Waals surface area contributed by atoms with Gasteiger partial charge in [0.25, 0.3) is 5.56 Å². The standard InChI is InChI=1S/C22H18FN3O/c1-15-6-4-8-17(12-15)21-25-20-11-3-2-10-19(20)22(27)26(21)24-14-16-7-5-9-18(23)13-16/h2-13,24H,14H2,1H3. The number of benzene rings is 3. The predicted molar refractivity (Wildman–Crippen MR) is 106 cm³/mol. The number of hydrogen-bond acceptors (Lipinski definition) is 3. The van der Waals surface area contributed by atoms with Crippen molar-refractivity contribution in [1.29, 1.82) is 0 Å². The van der Waals surface area contributed by atoms with Gasteiger partial charge < -0.3 is 5.43 Å². The summed E-state index contributed by atoms with van der Waals surface area (Å²) in [6, 6.07) is 21.4. The second kappa shape index (κ2) is 7.03. The first-order chi connectivity index (χ1) is 13.1. The topological polar surface area (TPSA) is 46.9 Å². The van der Waals surface area contributed by atoms with Crippen LogP contribution in [0.4, 0.5) is 4.39 Å². The first kappa shape index (κ1) is 17.0. The van der Waals surface area contributed by atoms with Crippen LogP contribution in [0.2, 0.25) is 0 Å². The molecule has 0 unspecified atom stereocenters. The SMILES string of the molecule is Cc1cccc(-c2nc3ccccc3c(=O)n2NCc2cccc(F)c2)c1. The third-order valence-corrected chi connectivity index (χ3v) is 4.38. The van der Waals surface area contributed by atoms with E-state index in [1.807, 2.05) is 55.5 Å². The van der Waals surface area contributed by atoms with Gasteiger partial charge in [0.1, 0.15) is 5.82 Å². The summed E-state index contributed by atoms with van der Waals surface area (Å²) < 4.78 is 14.9. The molecule has 0 radical (unpaired) electrons. The molecule has 4 rings (SSSR count). The Morgan fingerprint density at radius 1 is 1.00 bits per heavy atom. The van der Waals surface area contributed by atoms with Crippen molar-refractivity contribution in [2.45, 2.75) is 13.5 Å². The van der Waals surface area contributed by atoms with Gasteiger partial charge in [-0.2, -0.15) is 0 Å². The number of nitrogens with one attached hydrogen (secondary N) is 1. The Hall–Kier alpha value is -3.47. The van der Waals surface area contributed by atoms with Crippen molar-refractivity contribution in [2.75, 3.05) is 5.43 Å². The summed E-state index contributed by atoms with van der Waals surface area (Å²) in [6.07, 6.45) is 0. The van der Waals surface area contributed by atoms with Crippen molar-refractivity contribution < 1.29 is 4.39 Å². The van der Waals surface area contributed by atoms with Crippen molar-refractivity contribution in [2.24, 2.45) is 0 Å². The Bertz CT molecular complexity index is 1180. The highest BCUT2D eigenvalue weighted by Gasteiger charge is 2.13. The molecular formula is C22H18FN3O. The lowest BCUT2D eigenvalue weighted by atomic mass is 10.1. The second-order valence-corrected chi connectivity index (χ2v) is 6.43. The summed E-state index contributed by atoms with van der Waals surface area (Å²) >= 11 is 0. The van der Waals surface area contributed by atoms with Crippen LogP contribution >= 0.6 is 0 Å². The number of halogens is 1. The largest absolute Gasteiger partial charge is 0.317 e. The van der Waals surface area contributed by atoms with Crippen LogP contribution in [0, 0.1) is 12.7 Å². The number of hydrogen-bond donors (Lipinski definition) is 1. The Morgan fingerprint density at radius 3 is 2.63 bits per heavy atom.